The molecule has 1 aromatic heterocycles. The van der Waals surface area contributed by atoms with E-state index in [0.29, 0.717) is 5.82 Å². The average Bonchev–Trinajstić information content (AvgIpc) is 2.29. The molecule has 2 aromatic rings. The Kier molecular flexibility index (Phi) is 3.26. The van der Waals surface area contributed by atoms with E-state index in [9.17, 15) is 0 Å². The molecule has 1 heterocycles. The molecule has 0 aliphatic rings. The lowest BCUT2D eigenvalue weighted by atomic mass is 10.1. The van der Waals surface area contributed by atoms with Crippen LogP contribution >= 0.6 is 15.9 Å². The van der Waals surface area contributed by atoms with Crippen molar-refractivity contribution in [2.24, 2.45) is 5.73 Å². The molecule has 0 aliphatic carbocycles. The number of benzene rings is 1. The minimum Gasteiger partial charge on any atom is -0.319 e. The number of hydrogen-bond acceptors (Lipinski definition) is 3. The van der Waals surface area contributed by atoms with Gasteiger partial charge in [0.2, 0.25) is 0 Å². The van der Waals surface area contributed by atoms with Crippen LogP contribution in [-0.4, -0.2) is 9.97 Å². The summed E-state index contributed by atoms with van der Waals surface area (Å²) in [6, 6.07) is 9.85. The molecule has 0 unspecified atom stereocenters. The molecule has 2 N–H and O–H groups in total. The summed E-state index contributed by atoms with van der Waals surface area (Å²) in [6.45, 7) is 3.79. The number of nitrogens with zero attached hydrogens (tertiary/aromatic N) is 2. The molecular formula is C13H14BrN3. The summed E-state index contributed by atoms with van der Waals surface area (Å²) in [5.74, 6) is 0.644. The summed E-state index contributed by atoms with van der Waals surface area (Å²) in [7, 11) is 0. The number of aromatic nitrogens is 2. The molecule has 1 aromatic carbocycles. The molecule has 0 saturated carbocycles. The molecule has 2 rings (SSSR count). The summed E-state index contributed by atoms with van der Waals surface area (Å²) < 4.78 is 1.01. The van der Waals surface area contributed by atoms with Crippen molar-refractivity contribution in [2.45, 2.75) is 19.4 Å². The quantitative estimate of drug-likeness (QED) is 0.925. The van der Waals surface area contributed by atoms with Crippen LogP contribution in [0.15, 0.2) is 41.0 Å². The molecule has 3 nitrogen and oxygen atoms in total. The molecule has 0 saturated heterocycles. The van der Waals surface area contributed by atoms with Crippen LogP contribution < -0.4 is 5.73 Å². The summed E-state index contributed by atoms with van der Waals surface area (Å²) >= 11 is 3.52. The fourth-order valence-electron chi connectivity index (χ4n) is 1.49. The van der Waals surface area contributed by atoms with Crippen molar-refractivity contribution < 1.29 is 0 Å². The number of nitrogens with two attached hydrogens (primary N) is 1. The predicted molar refractivity (Wildman–Crippen MR) is 72.4 cm³/mol. The standard InChI is InChI=1S/C13H14BrN3/c1-13(2,15)12-16-8-7-11(17-12)9-5-3-4-6-10(9)14/h3-8H,15H2,1-2H3. The third-order valence-electron chi connectivity index (χ3n) is 2.38. The summed E-state index contributed by atoms with van der Waals surface area (Å²) in [5.41, 5.74) is 7.39. The lowest BCUT2D eigenvalue weighted by Gasteiger charge is -2.17. The highest BCUT2D eigenvalue weighted by Crippen LogP contribution is 2.26. The minimum absolute atomic E-state index is 0.530. The second-order valence-corrected chi connectivity index (χ2v) is 5.32. The SMILES string of the molecule is CC(C)(N)c1nccc(-c2ccccc2Br)n1. The monoisotopic (exact) mass is 291 g/mol. The van der Waals surface area contributed by atoms with E-state index in [0.717, 1.165) is 15.7 Å². The summed E-state index contributed by atoms with van der Waals surface area (Å²) in [6.07, 6.45) is 1.74. The van der Waals surface area contributed by atoms with Crippen LogP contribution in [0.2, 0.25) is 0 Å². The molecule has 0 amide bonds. The van der Waals surface area contributed by atoms with E-state index in [2.05, 4.69) is 25.9 Å². The first-order chi connectivity index (χ1) is 7.98. The second-order valence-electron chi connectivity index (χ2n) is 4.47. The molecule has 0 aliphatic heterocycles. The van der Waals surface area contributed by atoms with Crippen LogP contribution in [-0.2, 0) is 5.54 Å². The van der Waals surface area contributed by atoms with Gasteiger partial charge >= 0.3 is 0 Å². The average molecular weight is 292 g/mol. The van der Waals surface area contributed by atoms with Crippen LogP contribution in [0.3, 0.4) is 0 Å². The maximum atomic E-state index is 6.01. The van der Waals surface area contributed by atoms with Crippen LogP contribution in [0, 0.1) is 0 Å². The van der Waals surface area contributed by atoms with Gasteiger partial charge in [0.1, 0.15) is 5.82 Å². The predicted octanol–water partition coefficient (Wildman–Crippen LogP) is 3.10. The second kappa shape index (κ2) is 4.55. The maximum Gasteiger partial charge on any atom is 0.148 e. The van der Waals surface area contributed by atoms with Crippen LogP contribution in [0.4, 0.5) is 0 Å². The van der Waals surface area contributed by atoms with Gasteiger partial charge in [-0.15, -0.1) is 0 Å². The van der Waals surface area contributed by atoms with Gasteiger partial charge in [-0.3, -0.25) is 0 Å². The van der Waals surface area contributed by atoms with Crippen LogP contribution in [0.1, 0.15) is 19.7 Å². The van der Waals surface area contributed by atoms with Crippen molar-refractivity contribution >= 4 is 15.9 Å². The zero-order valence-corrected chi connectivity index (χ0v) is 11.4. The fraction of sp³-hybridized carbons (Fsp3) is 0.231. The third kappa shape index (κ3) is 2.70. The first-order valence-corrected chi connectivity index (χ1v) is 6.15. The Balaban J connectivity index is 2.51. The Morgan fingerprint density at radius 3 is 2.53 bits per heavy atom. The zero-order chi connectivity index (χ0) is 12.5. The van der Waals surface area contributed by atoms with Crippen molar-refractivity contribution in [3.63, 3.8) is 0 Å². The number of halogens is 1. The normalized spacial score (nSPS) is 11.5. The topological polar surface area (TPSA) is 51.8 Å². The van der Waals surface area contributed by atoms with Gasteiger partial charge in [-0.1, -0.05) is 34.1 Å². The highest BCUT2D eigenvalue weighted by atomic mass is 79.9. The Hall–Kier alpha value is -1.26. The fourth-order valence-corrected chi connectivity index (χ4v) is 1.98. The Bertz CT molecular complexity index is 532. The molecule has 17 heavy (non-hydrogen) atoms. The molecule has 0 atom stereocenters. The van der Waals surface area contributed by atoms with Gasteiger partial charge in [-0.25, -0.2) is 9.97 Å². The van der Waals surface area contributed by atoms with E-state index in [1.165, 1.54) is 0 Å². The van der Waals surface area contributed by atoms with E-state index in [1.54, 1.807) is 6.20 Å². The van der Waals surface area contributed by atoms with Crippen molar-refractivity contribution in [1.29, 1.82) is 0 Å². The van der Waals surface area contributed by atoms with Gasteiger partial charge in [0.25, 0.3) is 0 Å². The zero-order valence-electron chi connectivity index (χ0n) is 9.81. The smallest absolute Gasteiger partial charge is 0.148 e. The van der Waals surface area contributed by atoms with Crippen LogP contribution in [0.5, 0.6) is 0 Å². The highest BCUT2D eigenvalue weighted by molar-refractivity contribution is 9.10. The molecule has 0 radical (unpaired) electrons. The van der Waals surface area contributed by atoms with Gasteiger partial charge in [0, 0.05) is 16.2 Å². The molecule has 0 spiro atoms. The van der Waals surface area contributed by atoms with E-state index in [-0.39, 0.29) is 0 Å². The molecule has 4 heteroatoms. The van der Waals surface area contributed by atoms with Crippen molar-refractivity contribution in [2.75, 3.05) is 0 Å². The van der Waals surface area contributed by atoms with Gasteiger partial charge in [0.05, 0.1) is 11.2 Å². The van der Waals surface area contributed by atoms with Gasteiger partial charge in [-0.2, -0.15) is 0 Å². The molecule has 0 fully saturated rings. The van der Waals surface area contributed by atoms with E-state index >= 15 is 0 Å². The number of rotatable bonds is 2. The highest BCUT2D eigenvalue weighted by Gasteiger charge is 2.18. The van der Waals surface area contributed by atoms with E-state index in [4.69, 9.17) is 5.73 Å². The first kappa shape index (κ1) is 12.2. The minimum atomic E-state index is -0.530. The van der Waals surface area contributed by atoms with Crippen molar-refractivity contribution in [3.05, 3.63) is 46.8 Å². The Morgan fingerprint density at radius 2 is 1.88 bits per heavy atom. The summed E-state index contributed by atoms with van der Waals surface area (Å²) in [4.78, 5) is 8.72. The van der Waals surface area contributed by atoms with Crippen molar-refractivity contribution in [3.8, 4) is 11.3 Å². The first-order valence-electron chi connectivity index (χ1n) is 5.36. The summed E-state index contributed by atoms with van der Waals surface area (Å²) in [5, 5.41) is 0. The van der Waals surface area contributed by atoms with Crippen LogP contribution in [0.25, 0.3) is 11.3 Å². The number of hydrogen-bond donors (Lipinski definition) is 1. The Morgan fingerprint density at radius 1 is 1.18 bits per heavy atom. The van der Waals surface area contributed by atoms with E-state index in [1.807, 2.05) is 44.2 Å². The maximum absolute atomic E-state index is 6.01. The largest absolute Gasteiger partial charge is 0.319 e. The van der Waals surface area contributed by atoms with Gasteiger partial charge in [-0.05, 0) is 26.0 Å². The van der Waals surface area contributed by atoms with Gasteiger partial charge < -0.3 is 5.73 Å². The lowest BCUT2D eigenvalue weighted by Crippen LogP contribution is -2.31. The lowest BCUT2D eigenvalue weighted by molar-refractivity contribution is 0.514. The Labute approximate surface area is 109 Å². The molecule has 0 bridgehead atoms. The van der Waals surface area contributed by atoms with E-state index < -0.39 is 5.54 Å². The van der Waals surface area contributed by atoms with Gasteiger partial charge in [0.15, 0.2) is 0 Å². The molecule has 88 valence electrons. The molecular weight excluding hydrogens is 278 g/mol. The third-order valence-corrected chi connectivity index (χ3v) is 3.07. The van der Waals surface area contributed by atoms with Crippen molar-refractivity contribution in [1.82, 2.24) is 9.97 Å².